The Balaban J connectivity index is 1.76. The fourth-order valence-corrected chi connectivity index (χ4v) is 3.95. The molecule has 0 spiro atoms. The third-order valence-electron chi connectivity index (χ3n) is 3.68. The summed E-state index contributed by atoms with van der Waals surface area (Å²) < 4.78 is 12.0. The predicted octanol–water partition coefficient (Wildman–Crippen LogP) is 3.11. The zero-order chi connectivity index (χ0) is 13.0. The van der Waals surface area contributed by atoms with Gasteiger partial charge >= 0.3 is 0 Å². The third-order valence-corrected chi connectivity index (χ3v) is 5.27. The summed E-state index contributed by atoms with van der Waals surface area (Å²) in [6, 6.07) is 7.92. The SMILES string of the molecule is NC1CCCC1CCS(=O)Cc1ccc(Cl)cc1. The van der Waals surface area contributed by atoms with Gasteiger partial charge in [-0.1, -0.05) is 30.2 Å². The normalized spacial score (nSPS) is 25.2. The maximum atomic E-state index is 12.0. The van der Waals surface area contributed by atoms with Crippen molar-refractivity contribution in [2.45, 2.75) is 37.5 Å². The van der Waals surface area contributed by atoms with Gasteiger partial charge in [0.15, 0.2) is 0 Å². The van der Waals surface area contributed by atoms with E-state index in [9.17, 15) is 4.21 Å². The van der Waals surface area contributed by atoms with E-state index in [1.165, 1.54) is 12.8 Å². The van der Waals surface area contributed by atoms with Gasteiger partial charge in [0, 0.05) is 33.4 Å². The largest absolute Gasteiger partial charge is 0.327 e. The number of halogens is 1. The number of benzene rings is 1. The Kier molecular flexibility index (Phi) is 5.22. The van der Waals surface area contributed by atoms with Gasteiger partial charge in [0.05, 0.1) is 0 Å². The Morgan fingerprint density at radius 2 is 2.00 bits per heavy atom. The number of hydrogen-bond acceptors (Lipinski definition) is 2. The molecule has 1 aromatic carbocycles. The van der Waals surface area contributed by atoms with E-state index in [0.717, 1.165) is 29.2 Å². The van der Waals surface area contributed by atoms with E-state index < -0.39 is 10.8 Å². The Bertz CT molecular complexity index is 407. The second-order valence-electron chi connectivity index (χ2n) is 5.06. The van der Waals surface area contributed by atoms with Crippen LogP contribution in [0.15, 0.2) is 24.3 Å². The van der Waals surface area contributed by atoms with Gasteiger partial charge in [-0.25, -0.2) is 0 Å². The van der Waals surface area contributed by atoms with Crippen LogP contribution < -0.4 is 5.73 Å². The van der Waals surface area contributed by atoms with Crippen LogP contribution in [0, 0.1) is 5.92 Å². The van der Waals surface area contributed by atoms with Crippen LogP contribution in [0.2, 0.25) is 5.02 Å². The molecule has 2 rings (SSSR count). The van der Waals surface area contributed by atoms with Crippen LogP contribution in [0.4, 0.5) is 0 Å². The molecule has 3 atom stereocenters. The lowest BCUT2D eigenvalue weighted by Crippen LogP contribution is -2.25. The second-order valence-corrected chi connectivity index (χ2v) is 7.07. The van der Waals surface area contributed by atoms with Gasteiger partial charge in [-0.05, 0) is 42.9 Å². The Labute approximate surface area is 116 Å². The summed E-state index contributed by atoms with van der Waals surface area (Å²) in [6.45, 7) is 0. The van der Waals surface area contributed by atoms with Crippen LogP contribution in [0.5, 0.6) is 0 Å². The highest BCUT2D eigenvalue weighted by Gasteiger charge is 2.23. The lowest BCUT2D eigenvalue weighted by Gasteiger charge is -2.14. The molecular weight excluding hydrogens is 266 g/mol. The summed E-state index contributed by atoms with van der Waals surface area (Å²) in [7, 11) is -0.787. The van der Waals surface area contributed by atoms with Crippen molar-refractivity contribution in [2.75, 3.05) is 5.75 Å². The maximum absolute atomic E-state index is 12.0. The van der Waals surface area contributed by atoms with Gasteiger partial charge in [-0.2, -0.15) is 0 Å². The summed E-state index contributed by atoms with van der Waals surface area (Å²) in [4.78, 5) is 0. The zero-order valence-corrected chi connectivity index (χ0v) is 12.1. The molecular formula is C14H20ClNOS. The van der Waals surface area contributed by atoms with Crippen molar-refractivity contribution in [3.8, 4) is 0 Å². The van der Waals surface area contributed by atoms with Gasteiger partial charge < -0.3 is 5.73 Å². The first-order chi connectivity index (χ1) is 8.65. The third kappa shape index (κ3) is 4.08. The van der Waals surface area contributed by atoms with Gasteiger partial charge in [-0.15, -0.1) is 0 Å². The number of hydrogen-bond donors (Lipinski definition) is 1. The van der Waals surface area contributed by atoms with Crippen molar-refractivity contribution >= 4 is 22.4 Å². The van der Waals surface area contributed by atoms with Gasteiger partial charge in [0.25, 0.3) is 0 Å². The predicted molar refractivity (Wildman–Crippen MR) is 78.1 cm³/mol. The average Bonchev–Trinajstić information content (AvgIpc) is 2.75. The monoisotopic (exact) mass is 285 g/mol. The van der Waals surface area contributed by atoms with Crippen molar-refractivity contribution < 1.29 is 4.21 Å². The molecule has 0 aromatic heterocycles. The minimum Gasteiger partial charge on any atom is -0.327 e. The highest BCUT2D eigenvalue weighted by Crippen LogP contribution is 2.27. The Hall–Kier alpha value is -0.380. The summed E-state index contributed by atoms with van der Waals surface area (Å²) in [5.41, 5.74) is 7.11. The maximum Gasteiger partial charge on any atom is 0.0485 e. The van der Waals surface area contributed by atoms with E-state index in [1.54, 1.807) is 0 Å². The highest BCUT2D eigenvalue weighted by atomic mass is 35.5. The molecule has 0 radical (unpaired) electrons. The minimum atomic E-state index is -0.787. The molecule has 1 aromatic rings. The number of nitrogens with two attached hydrogens (primary N) is 1. The molecule has 3 unspecified atom stereocenters. The van der Waals surface area contributed by atoms with Crippen LogP contribution in [-0.2, 0) is 16.6 Å². The first-order valence-electron chi connectivity index (χ1n) is 6.50. The summed E-state index contributed by atoms with van der Waals surface area (Å²) >= 11 is 5.82. The van der Waals surface area contributed by atoms with Crippen LogP contribution in [0.3, 0.4) is 0 Å². The second kappa shape index (κ2) is 6.69. The highest BCUT2D eigenvalue weighted by molar-refractivity contribution is 7.84. The lowest BCUT2D eigenvalue weighted by atomic mass is 10.0. The molecule has 1 fully saturated rings. The molecule has 100 valence electrons. The van der Waals surface area contributed by atoms with Gasteiger partial charge in [0.1, 0.15) is 0 Å². The standard InChI is InChI=1S/C14H20ClNOS/c15-13-6-4-11(5-7-13)10-18(17)9-8-12-2-1-3-14(12)16/h4-7,12,14H,1-3,8-10,16H2. The van der Waals surface area contributed by atoms with Crippen molar-refractivity contribution in [1.29, 1.82) is 0 Å². The molecule has 0 heterocycles. The molecule has 0 saturated heterocycles. The lowest BCUT2D eigenvalue weighted by molar-refractivity contribution is 0.468. The van der Waals surface area contributed by atoms with E-state index in [4.69, 9.17) is 17.3 Å². The van der Waals surface area contributed by atoms with Crippen molar-refractivity contribution in [1.82, 2.24) is 0 Å². The fraction of sp³-hybridized carbons (Fsp3) is 0.571. The zero-order valence-electron chi connectivity index (χ0n) is 10.5. The van der Waals surface area contributed by atoms with Gasteiger partial charge in [0.2, 0.25) is 0 Å². The molecule has 1 aliphatic carbocycles. The number of rotatable bonds is 5. The summed E-state index contributed by atoms with van der Waals surface area (Å²) in [5, 5.41) is 0.724. The average molecular weight is 286 g/mol. The van der Waals surface area contributed by atoms with Crippen molar-refractivity contribution in [3.63, 3.8) is 0 Å². The van der Waals surface area contributed by atoms with E-state index >= 15 is 0 Å². The molecule has 0 amide bonds. The molecule has 2 nitrogen and oxygen atoms in total. The topological polar surface area (TPSA) is 43.1 Å². The van der Waals surface area contributed by atoms with E-state index in [-0.39, 0.29) is 0 Å². The van der Waals surface area contributed by atoms with E-state index in [2.05, 4.69) is 0 Å². The summed E-state index contributed by atoms with van der Waals surface area (Å²) in [6.07, 6.45) is 4.57. The summed E-state index contributed by atoms with van der Waals surface area (Å²) in [5.74, 6) is 1.97. The van der Waals surface area contributed by atoms with Crippen LogP contribution in [0.25, 0.3) is 0 Å². The molecule has 1 aliphatic rings. The quantitative estimate of drug-likeness (QED) is 0.903. The van der Waals surface area contributed by atoms with Crippen LogP contribution in [0.1, 0.15) is 31.2 Å². The smallest absolute Gasteiger partial charge is 0.0485 e. The molecule has 0 aliphatic heterocycles. The minimum absolute atomic E-state index is 0.331. The molecule has 1 saturated carbocycles. The van der Waals surface area contributed by atoms with E-state index in [1.807, 2.05) is 24.3 Å². The first kappa shape index (κ1) is 14.0. The first-order valence-corrected chi connectivity index (χ1v) is 8.37. The van der Waals surface area contributed by atoms with Crippen LogP contribution >= 0.6 is 11.6 Å². The Morgan fingerprint density at radius 1 is 1.28 bits per heavy atom. The van der Waals surface area contributed by atoms with E-state index in [0.29, 0.717) is 17.7 Å². The van der Waals surface area contributed by atoms with Crippen molar-refractivity contribution in [3.05, 3.63) is 34.9 Å². The fourth-order valence-electron chi connectivity index (χ4n) is 2.55. The van der Waals surface area contributed by atoms with Gasteiger partial charge in [-0.3, -0.25) is 4.21 Å². The van der Waals surface area contributed by atoms with Crippen molar-refractivity contribution in [2.24, 2.45) is 11.7 Å². The molecule has 2 N–H and O–H groups in total. The Morgan fingerprint density at radius 3 is 2.61 bits per heavy atom. The van der Waals surface area contributed by atoms with Crippen LogP contribution in [-0.4, -0.2) is 16.0 Å². The molecule has 4 heteroatoms. The molecule has 18 heavy (non-hydrogen) atoms. The molecule has 0 bridgehead atoms.